The zero-order valence-corrected chi connectivity index (χ0v) is 10.7. The van der Waals surface area contributed by atoms with Crippen molar-refractivity contribution in [3.05, 3.63) is 0 Å². The summed E-state index contributed by atoms with van der Waals surface area (Å²) in [4.78, 5) is 10.3. The molecule has 17 heavy (non-hydrogen) atoms. The van der Waals surface area contributed by atoms with Gasteiger partial charge in [0.05, 0.1) is 12.5 Å². The third kappa shape index (κ3) is 6.64. The van der Waals surface area contributed by atoms with E-state index in [1.807, 2.05) is 0 Å². The van der Waals surface area contributed by atoms with Crippen LogP contribution in [-0.2, 0) is 4.79 Å². The fourth-order valence-electron chi connectivity index (χ4n) is 2.47. The zero-order valence-electron chi connectivity index (χ0n) is 10.7. The van der Waals surface area contributed by atoms with Crippen molar-refractivity contribution in [3.8, 4) is 0 Å². The number of rotatable bonds is 7. The predicted octanol–water partition coefficient (Wildman–Crippen LogP) is 1.63. The highest BCUT2D eigenvalue weighted by Gasteiger charge is 2.17. The van der Waals surface area contributed by atoms with Gasteiger partial charge in [0.2, 0.25) is 0 Å². The second-order valence-corrected chi connectivity index (χ2v) is 5.37. The average Bonchev–Trinajstić information content (AvgIpc) is 2.26. The Morgan fingerprint density at radius 3 is 2.59 bits per heavy atom. The molecule has 0 heterocycles. The van der Waals surface area contributed by atoms with E-state index in [2.05, 4.69) is 12.2 Å². The number of carbonyl (C=O) groups is 1. The smallest absolute Gasteiger partial charge is 0.306 e. The molecule has 0 bridgehead atoms. The predicted molar refractivity (Wildman–Crippen MR) is 66.9 cm³/mol. The van der Waals surface area contributed by atoms with Crippen molar-refractivity contribution in [2.45, 2.75) is 51.6 Å². The Bertz CT molecular complexity index is 225. The molecule has 1 atom stereocenters. The number of carboxylic acids is 1. The lowest BCUT2D eigenvalue weighted by molar-refractivity contribution is -0.139. The standard InChI is InChI=1S/C13H25NO3/c1-10-2-4-11(5-3-10)6-7-14-9-12(15)8-13(16)17/h10-12,14-15H,2-9H2,1H3,(H,16,17). The van der Waals surface area contributed by atoms with Crippen LogP contribution in [0.15, 0.2) is 0 Å². The summed E-state index contributed by atoms with van der Waals surface area (Å²) in [6.07, 6.45) is 5.53. The van der Waals surface area contributed by atoms with Gasteiger partial charge in [0.1, 0.15) is 0 Å². The minimum absolute atomic E-state index is 0.173. The molecule has 1 aliphatic carbocycles. The molecule has 0 aromatic carbocycles. The van der Waals surface area contributed by atoms with Crippen LogP contribution in [0.4, 0.5) is 0 Å². The van der Waals surface area contributed by atoms with E-state index >= 15 is 0 Å². The Morgan fingerprint density at radius 2 is 2.00 bits per heavy atom. The molecule has 1 fully saturated rings. The lowest BCUT2D eigenvalue weighted by atomic mass is 9.81. The second kappa shape index (κ2) is 7.67. The van der Waals surface area contributed by atoms with Crippen LogP contribution >= 0.6 is 0 Å². The van der Waals surface area contributed by atoms with E-state index in [1.165, 1.54) is 25.7 Å². The van der Waals surface area contributed by atoms with Crippen molar-refractivity contribution >= 4 is 5.97 Å². The number of aliphatic hydroxyl groups is 1. The fraction of sp³-hybridized carbons (Fsp3) is 0.923. The highest BCUT2D eigenvalue weighted by Crippen LogP contribution is 2.29. The summed E-state index contributed by atoms with van der Waals surface area (Å²) >= 11 is 0. The van der Waals surface area contributed by atoms with Gasteiger partial charge in [-0.1, -0.05) is 32.6 Å². The molecular weight excluding hydrogens is 218 g/mol. The van der Waals surface area contributed by atoms with Crippen LogP contribution in [0, 0.1) is 11.8 Å². The van der Waals surface area contributed by atoms with E-state index in [-0.39, 0.29) is 6.42 Å². The molecule has 1 rings (SSSR count). The normalized spacial score (nSPS) is 26.7. The lowest BCUT2D eigenvalue weighted by Gasteiger charge is -2.26. The lowest BCUT2D eigenvalue weighted by Crippen LogP contribution is -2.30. The minimum atomic E-state index is -0.944. The van der Waals surface area contributed by atoms with Gasteiger partial charge in [-0.25, -0.2) is 0 Å². The van der Waals surface area contributed by atoms with Crippen LogP contribution in [0.2, 0.25) is 0 Å². The molecule has 0 aromatic rings. The molecule has 100 valence electrons. The fourth-order valence-corrected chi connectivity index (χ4v) is 2.47. The van der Waals surface area contributed by atoms with E-state index < -0.39 is 12.1 Å². The van der Waals surface area contributed by atoms with Gasteiger partial charge < -0.3 is 15.5 Å². The summed E-state index contributed by atoms with van der Waals surface area (Å²) in [6.45, 7) is 3.59. The third-order valence-corrected chi connectivity index (χ3v) is 3.65. The molecule has 1 unspecified atom stereocenters. The summed E-state index contributed by atoms with van der Waals surface area (Å²) in [5.41, 5.74) is 0. The van der Waals surface area contributed by atoms with Crippen LogP contribution in [-0.4, -0.2) is 35.4 Å². The first-order valence-corrected chi connectivity index (χ1v) is 6.68. The Hall–Kier alpha value is -0.610. The van der Waals surface area contributed by atoms with Gasteiger partial charge in [-0.3, -0.25) is 4.79 Å². The number of aliphatic carboxylic acids is 1. The van der Waals surface area contributed by atoms with Crippen molar-refractivity contribution in [1.82, 2.24) is 5.32 Å². The number of carboxylic acid groups (broad SMARTS) is 1. The Labute approximate surface area is 103 Å². The molecule has 4 nitrogen and oxygen atoms in total. The monoisotopic (exact) mass is 243 g/mol. The van der Waals surface area contributed by atoms with Crippen molar-refractivity contribution in [3.63, 3.8) is 0 Å². The van der Waals surface area contributed by atoms with Gasteiger partial charge in [0.25, 0.3) is 0 Å². The van der Waals surface area contributed by atoms with Gasteiger partial charge in [0, 0.05) is 6.54 Å². The number of nitrogens with one attached hydrogen (secondary N) is 1. The summed E-state index contributed by atoms with van der Waals surface area (Å²) < 4.78 is 0. The Kier molecular flexibility index (Phi) is 6.52. The molecule has 0 radical (unpaired) electrons. The first-order valence-electron chi connectivity index (χ1n) is 6.68. The quantitative estimate of drug-likeness (QED) is 0.594. The van der Waals surface area contributed by atoms with Crippen molar-refractivity contribution in [1.29, 1.82) is 0 Å². The van der Waals surface area contributed by atoms with Crippen molar-refractivity contribution in [2.75, 3.05) is 13.1 Å². The van der Waals surface area contributed by atoms with Crippen LogP contribution in [0.5, 0.6) is 0 Å². The summed E-state index contributed by atoms with van der Waals surface area (Å²) in [5.74, 6) is 0.757. The molecule has 0 spiro atoms. The molecule has 1 saturated carbocycles. The number of hydrogen-bond acceptors (Lipinski definition) is 3. The maximum atomic E-state index is 10.3. The Morgan fingerprint density at radius 1 is 1.35 bits per heavy atom. The van der Waals surface area contributed by atoms with Gasteiger partial charge >= 0.3 is 5.97 Å². The molecule has 0 aliphatic heterocycles. The number of aliphatic hydroxyl groups excluding tert-OH is 1. The zero-order chi connectivity index (χ0) is 12.7. The maximum Gasteiger partial charge on any atom is 0.306 e. The molecule has 0 aromatic heterocycles. The van der Waals surface area contributed by atoms with Gasteiger partial charge in [-0.05, 0) is 24.8 Å². The second-order valence-electron chi connectivity index (χ2n) is 5.37. The summed E-state index contributed by atoms with van der Waals surface area (Å²) in [7, 11) is 0. The highest BCUT2D eigenvalue weighted by atomic mass is 16.4. The number of hydrogen-bond donors (Lipinski definition) is 3. The first-order chi connectivity index (χ1) is 8.08. The van der Waals surface area contributed by atoms with Gasteiger partial charge in [0.15, 0.2) is 0 Å². The van der Waals surface area contributed by atoms with E-state index in [1.54, 1.807) is 0 Å². The van der Waals surface area contributed by atoms with E-state index in [0.717, 1.165) is 24.8 Å². The Balaban J connectivity index is 1.98. The largest absolute Gasteiger partial charge is 0.481 e. The molecule has 0 saturated heterocycles. The first kappa shape index (κ1) is 14.5. The molecular formula is C13H25NO3. The topological polar surface area (TPSA) is 69.6 Å². The SMILES string of the molecule is CC1CCC(CCNCC(O)CC(=O)O)CC1. The van der Waals surface area contributed by atoms with Crippen LogP contribution < -0.4 is 5.32 Å². The summed E-state index contributed by atoms with van der Waals surface area (Å²) in [5, 5.41) is 21.0. The minimum Gasteiger partial charge on any atom is -0.481 e. The van der Waals surface area contributed by atoms with E-state index in [9.17, 15) is 9.90 Å². The van der Waals surface area contributed by atoms with Gasteiger partial charge in [-0.2, -0.15) is 0 Å². The highest BCUT2D eigenvalue weighted by molar-refractivity contribution is 5.67. The van der Waals surface area contributed by atoms with Crippen LogP contribution in [0.3, 0.4) is 0 Å². The van der Waals surface area contributed by atoms with E-state index in [0.29, 0.717) is 6.54 Å². The van der Waals surface area contributed by atoms with Crippen molar-refractivity contribution in [2.24, 2.45) is 11.8 Å². The third-order valence-electron chi connectivity index (χ3n) is 3.65. The van der Waals surface area contributed by atoms with Crippen LogP contribution in [0.1, 0.15) is 45.4 Å². The molecule has 3 N–H and O–H groups in total. The van der Waals surface area contributed by atoms with Crippen LogP contribution in [0.25, 0.3) is 0 Å². The van der Waals surface area contributed by atoms with Crippen molar-refractivity contribution < 1.29 is 15.0 Å². The molecule has 4 heteroatoms. The van der Waals surface area contributed by atoms with Gasteiger partial charge in [-0.15, -0.1) is 0 Å². The molecule has 1 aliphatic rings. The molecule has 0 amide bonds. The maximum absolute atomic E-state index is 10.3. The average molecular weight is 243 g/mol. The van der Waals surface area contributed by atoms with E-state index in [4.69, 9.17) is 5.11 Å². The summed E-state index contributed by atoms with van der Waals surface area (Å²) in [6, 6.07) is 0.